The number of anilines is 1. The molecule has 0 aliphatic rings. The zero-order chi connectivity index (χ0) is 17.8. The van der Waals surface area contributed by atoms with Gasteiger partial charge in [-0.25, -0.2) is 9.97 Å². The molecule has 6 nitrogen and oxygen atoms in total. The number of carbonyl (C=O) groups excluding carboxylic acids is 1. The minimum atomic E-state index is -0.501. The molecule has 0 saturated heterocycles. The van der Waals surface area contributed by atoms with E-state index in [4.69, 9.17) is 4.52 Å². The molecule has 1 N–H and O–H groups in total. The summed E-state index contributed by atoms with van der Waals surface area (Å²) in [6.45, 7) is 5.60. The molecule has 3 rings (SSSR count). The van der Waals surface area contributed by atoms with Crippen molar-refractivity contribution in [2.45, 2.75) is 31.2 Å². The van der Waals surface area contributed by atoms with Gasteiger partial charge in [-0.3, -0.25) is 4.79 Å². The third-order valence-corrected chi connectivity index (χ3v) is 4.52. The van der Waals surface area contributed by atoms with Crippen molar-refractivity contribution in [1.82, 2.24) is 15.1 Å². The average molecular weight is 354 g/mol. The van der Waals surface area contributed by atoms with Gasteiger partial charge in [0.25, 0.3) is 0 Å². The monoisotopic (exact) mass is 354 g/mol. The van der Waals surface area contributed by atoms with Crippen LogP contribution in [0.15, 0.2) is 52.1 Å². The Kier molecular flexibility index (Phi) is 5.14. The smallest absolute Gasteiger partial charge is 0.243 e. The lowest BCUT2D eigenvalue weighted by molar-refractivity contribution is -0.115. The fraction of sp³-hybridized carbons (Fsp3) is 0.222. The van der Waals surface area contributed by atoms with Crippen LogP contribution >= 0.6 is 11.8 Å². The maximum absolute atomic E-state index is 12.8. The van der Waals surface area contributed by atoms with E-state index in [1.54, 1.807) is 13.0 Å². The maximum Gasteiger partial charge on any atom is 0.243 e. The normalized spacial score (nSPS) is 12.0. The van der Waals surface area contributed by atoms with E-state index < -0.39 is 5.25 Å². The first-order valence-electron chi connectivity index (χ1n) is 7.79. The number of rotatable bonds is 5. The van der Waals surface area contributed by atoms with Gasteiger partial charge in [-0.15, -0.1) is 0 Å². The number of thioether (sulfide) groups is 1. The topological polar surface area (TPSA) is 80.9 Å². The van der Waals surface area contributed by atoms with E-state index >= 15 is 0 Å². The molecule has 1 amide bonds. The van der Waals surface area contributed by atoms with Gasteiger partial charge >= 0.3 is 0 Å². The van der Waals surface area contributed by atoms with Crippen molar-refractivity contribution in [2.75, 3.05) is 5.32 Å². The van der Waals surface area contributed by atoms with Crippen molar-refractivity contribution in [3.05, 3.63) is 65.2 Å². The lowest BCUT2D eigenvalue weighted by Gasteiger charge is -2.15. The molecule has 0 fully saturated rings. The van der Waals surface area contributed by atoms with Crippen molar-refractivity contribution in [3.63, 3.8) is 0 Å². The Bertz CT molecular complexity index is 860. The van der Waals surface area contributed by atoms with Gasteiger partial charge in [0.15, 0.2) is 11.0 Å². The molecule has 2 aromatic heterocycles. The van der Waals surface area contributed by atoms with Crippen LogP contribution in [-0.4, -0.2) is 21.0 Å². The number of amides is 1. The summed E-state index contributed by atoms with van der Waals surface area (Å²) in [4.78, 5) is 21.7. The van der Waals surface area contributed by atoms with Gasteiger partial charge in [-0.05, 0) is 32.4 Å². The maximum atomic E-state index is 12.8. The Morgan fingerprint density at radius 3 is 2.36 bits per heavy atom. The summed E-state index contributed by atoms with van der Waals surface area (Å²) in [5.74, 6) is 0.828. The Hall–Kier alpha value is -2.67. The van der Waals surface area contributed by atoms with E-state index in [1.807, 2.05) is 50.2 Å². The highest BCUT2D eigenvalue weighted by atomic mass is 32.2. The van der Waals surface area contributed by atoms with Crippen molar-refractivity contribution in [2.24, 2.45) is 0 Å². The predicted octanol–water partition coefficient (Wildman–Crippen LogP) is 3.86. The SMILES string of the molecule is Cc1cc(C)nc(S[C@H](C(=O)Nc2cc(C)on2)c2ccccc2)n1. The van der Waals surface area contributed by atoms with Crippen LogP contribution in [-0.2, 0) is 4.79 Å². The highest BCUT2D eigenvalue weighted by Crippen LogP contribution is 2.34. The van der Waals surface area contributed by atoms with Gasteiger partial charge in [0.05, 0.1) is 0 Å². The standard InChI is InChI=1S/C18H18N4O2S/c1-11-9-12(2)20-18(19-11)25-16(14-7-5-4-6-8-14)17(23)21-15-10-13(3)24-22-15/h4-10,16H,1-3H3,(H,21,22,23)/t16-/m0/s1. The molecule has 0 radical (unpaired) electrons. The van der Waals surface area contributed by atoms with Gasteiger partial charge in [0.1, 0.15) is 11.0 Å². The number of benzene rings is 1. The fourth-order valence-corrected chi connectivity index (χ4v) is 3.43. The van der Waals surface area contributed by atoms with Crippen molar-refractivity contribution >= 4 is 23.5 Å². The lowest BCUT2D eigenvalue weighted by atomic mass is 10.1. The summed E-state index contributed by atoms with van der Waals surface area (Å²) in [5.41, 5.74) is 2.61. The van der Waals surface area contributed by atoms with Gasteiger partial charge in [-0.2, -0.15) is 0 Å². The van der Waals surface area contributed by atoms with E-state index in [0.717, 1.165) is 17.0 Å². The van der Waals surface area contributed by atoms with Crippen LogP contribution in [0.25, 0.3) is 0 Å². The van der Waals surface area contributed by atoms with Gasteiger partial charge < -0.3 is 9.84 Å². The molecule has 7 heteroatoms. The van der Waals surface area contributed by atoms with Crippen LogP contribution in [0.3, 0.4) is 0 Å². The molecule has 128 valence electrons. The molecule has 2 heterocycles. The molecule has 0 aliphatic heterocycles. The zero-order valence-corrected chi connectivity index (χ0v) is 15.0. The highest BCUT2D eigenvalue weighted by molar-refractivity contribution is 8.00. The molecule has 25 heavy (non-hydrogen) atoms. The second kappa shape index (κ2) is 7.48. The van der Waals surface area contributed by atoms with E-state index in [2.05, 4.69) is 20.4 Å². The summed E-state index contributed by atoms with van der Waals surface area (Å²) in [7, 11) is 0. The zero-order valence-electron chi connectivity index (χ0n) is 14.2. The number of nitrogens with one attached hydrogen (secondary N) is 1. The summed E-state index contributed by atoms with van der Waals surface area (Å²) in [6.07, 6.45) is 0. The first kappa shape index (κ1) is 17.2. The van der Waals surface area contributed by atoms with Crippen LogP contribution < -0.4 is 5.32 Å². The Morgan fingerprint density at radius 2 is 1.76 bits per heavy atom. The van der Waals surface area contributed by atoms with Gasteiger partial charge in [0.2, 0.25) is 5.91 Å². The van der Waals surface area contributed by atoms with E-state index in [-0.39, 0.29) is 5.91 Å². The van der Waals surface area contributed by atoms with Crippen LogP contribution in [0.4, 0.5) is 5.82 Å². The van der Waals surface area contributed by atoms with E-state index in [1.165, 1.54) is 11.8 Å². The van der Waals surface area contributed by atoms with E-state index in [9.17, 15) is 4.79 Å². The number of carbonyl (C=O) groups is 1. The van der Waals surface area contributed by atoms with Crippen LogP contribution in [0.1, 0.15) is 28.0 Å². The minimum Gasteiger partial charge on any atom is -0.360 e. The number of aryl methyl sites for hydroxylation is 3. The fourth-order valence-electron chi connectivity index (χ4n) is 2.37. The molecule has 0 bridgehead atoms. The molecule has 0 saturated carbocycles. The quantitative estimate of drug-likeness (QED) is 0.553. The number of nitrogens with zero attached hydrogens (tertiary/aromatic N) is 3. The summed E-state index contributed by atoms with van der Waals surface area (Å²) in [6, 6.07) is 13.1. The molecule has 3 aromatic rings. The minimum absolute atomic E-state index is 0.202. The third-order valence-electron chi connectivity index (χ3n) is 3.40. The molecule has 0 unspecified atom stereocenters. The summed E-state index contributed by atoms with van der Waals surface area (Å²) < 4.78 is 5.00. The van der Waals surface area contributed by atoms with E-state index in [0.29, 0.717) is 16.7 Å². The Labute approximate surface area is 150 Å². The molecule has 1 aromatic carbocycles. The largest absolute Gasteiger partial charge is 0.360 e. The van der Waals surface area contributed by atoms with Crippen molar-refractivity contribution in [3.8, 4) is 0 Å². The lowest BCUT2D eigenvalue weighted by Crippen LogP contribution is -2.19. The van der Waals surface area contributed by atoms with Crippen molar-refractivity contribution < 1.29 is 9.32 Å². The number of aromatic nitrogens is 3. The van der Waals surface area contributed by atoms with Gasteiger partial charge in [-0.1, -0.05) is 47.3 Å². The number of hydrogen-bond donors (Lipinski definition) is 1. The first-order valence-corrected chi connectivity index (χ1v) is 8.67. The summed E-state index contributed by atoms with van der Waals surface area (Å²) in [5, 5.41) is 6.68. The second-order valence-corrected chi connectivity index (χ2v) is 6.73. The van der Waals surface area contributed by atoms with Crippen LogP contribution in [0.5, 0.6) is 0 Å². The molecule has 1 atom stereocenters. The highest BCUT2D eigenvalue weighted by Gasteiger charge is 2.24. The van der Waals surface area contributed by atoms with Crippen LogP contribution in [0, 0.1) is 20.8 Å². The molecular weight excluding hydrogens is 336 g/mol. The third kappa shape index (κ3) is 4.45. The Morgan fingerprint density at radius 1 is 1.08 bits per heavy atom. The first-order chi connectivity index (χ1) is 12.0. The van der Waals surface area contributed by atoms with Gasteiger partial charge in [0, 0.05) is 17.5 Å². The molecule has 0 spiro atoms. The summed E-state index contributed by atoms with van der Waals surface area (Å²) >= 11 is 1.31. The second-order valence-electron chi connectivity index (χ2n) is 5.65. The average Bonchev–Trinajstić information content (AvgIpc) is 2.97. The molecular formula is C18H18N4O2S. The number of hydrogen-bond acceptors (Lipinski definition) is 6. The predicted molar refractivity (Wildman–Crippen MR) is 96.4 cm³/mol. The Balaban J connectivity index is 1.88. The van der Waals surface area contributed by atoms with Crippen molar-refractivity contribution in [1.29, 1.82) is 0 Å². The molecule has 0 aliphatic carbocycles. The van der Waals surface area contributed by atoms with Crippen LogP contribution in [0.2, 0.25) is 0 Å².